The molecule has 17 heavy (non-hydrogen) atoms. The molecule has 0 saturated heterocycles. The predicted octanol–water partition coefficient (Wildman–Crippen LogP) is 1.28. The van der Waals surface area contributed by atoms with E-state index >= 15 is 0 Å². The Morgan fingerprint density at radius 3 is 2.71 bits per heavy atom. The number of amides is 1. The standard InChI is InChI=1S/C12H15NO3S/c1-9(14)13-7-8-17-10-3-5-11(15)12(16-2)6-4-10/h3-6H,7-8H2,1-2H3,(H,13,14). The molecule has 0 aromatic heterocycles. The molecule has 0 aliphatic heterocycles. The Hall–Kier alpha value is -1.49. The van der Waals surface area contributed by atoms with Crippen LogP contribution in [0.15, 0.2) is 34.0 Å². The topological polar surface area (TPSA) is 55.4 Å². The maximum Gasteiger partial charge on any atom is 0.220 e. The summed E-state index contributed by atoms with van der Waals surface area (Å²) in [7, 11) is 1.47. The van der Waals surface area contributed by atoms with Crippen LogP contribution >= 0.6 is 11.8 Å². The smallest absolute Gasteiger partial charge is 0.220 e. The van der Waals surface area contributed by atoms with Gasteiger partial charge in [0, 0.05) is 24.1 Å². The third-order valence-electron chi connectivity index (χ3n) is 2.01. The van der Waals surface area contributed by atoms with E-state index in [9.17, 15) is 9.59 Å². The molecule has 0 aliphatic rings. The lowest BCUT2D eigenvalue weighted by Gasteiger charge is -2.00. The fourth-order valence-electron chi connectivity index (χ4n) is 1.20. The van der Waals surface area contributed by atoms with Crippen molar-refractivity contribution in [3.63, 3.8) is 0 Å². The van der Waals surface area contributed by atoms with Crippen LogP contribution < -0.4 is 15.5 Å². The normalized spacial score (nSPS) is 9.76. The summed E-state index contributed by atoms with van der Waals surface area (Å²) in [6.07, 6.45) is 0. The summed E-state index contributed by atoms with van der Waals surface area (Å²) in [6, 6.07) is 6.73. The number of hydrogen-bond donors (Lipinski definition) is 1. The molecule has 0 fully saturated rings. The quantitative estimate of drug-likeness (QED) is 0.634. The third-order valence-corrected chi connectivity index (χ3v) is 3.02. The highest BCUT2D eigenvalue weighted by Gasteiger charge is 1.98. The van der Waals surface area contributed by atoms with Gasteiger partial charge in [0.2, 0.25) is 11.3 Å². The van der Waals surface area contributed by atoms with Crippen LogP contribution in [-0.4, -0.2) is 25.3 Å². The van der Waals surface area contributed by atoms with Gasteiger partial charge in [-0.2, -0.15) is 0 Å². The average molecular weight is 253 g/mol. The maximum absolute atomic E-state index is 11.4. The molecule has 92 valence electrons. The highest BCUT2D eigenvalue weighted by atomic mass is 32.2. The van der Waals surface area contributed by atoms with Gasteiger partial charge < -0.3 is 10.1 Å². The molecule has 1 aromatic carbocycles. The summed E-state index contributed by atoms with van der Waals surface area (Å²) in [4.78, 5) is 23.1. The van der Waals surface area contributed by atoms with Crippen LogP contribution in [0.4, 0.5) is 0 Å². The van der Waals surface area contributed by atoms with Gasteiger partial charge >= 0.3 is 0 Å². The number of hydrogen-bond acceptors (Lipinski definition) is 4. The van der Waals surface area contributed by atoms with Crippen molar-refractivity contribution in [3.05, 3.63) is 34.5 Å². The van der Waals surface area contributed by atoms with E-state index in [-0.39, 0.29) is 11.3 Å². The number of thioether (sulfide) groups is 1. The summed E-state index contributed by atoms with van der Waals surface area (Å²) in [5.41, 5.74) is -0.138. The average Bonchev–Trinajstić information content (AvgIpc) is 2.47. The van der Waals surface area contributed by atoms with Gasteiger partial charge in [0.25, 0.3) is 0 Å². The van der Waals surface area contributed by atoms with E-state index in [2.05, 4.69) is 5.32 Å². The van der Waals surface area contributed by atoms with Gasteiger partial charge in [0.1, 0.15) is 0 Å². The van der Waals surface area contributed by atoms with E-state index in [1.807, 2.05) is 6.07 Å². The Kier molecular flexibility index (Phi) is 5.56. The molecule has 0 radical (unpaired) electrons. The lowest BCUT2D eigenvalue weighted by atomic mass is 10.5. The van der Waals surface area contributed by atoms with E-state index in [1.54, 1.807) is 23.9 Å². The molecular weight excluding hydrogens is 238 g/mol. The Bertz CT molecular complexity index is 448. The minimum atomic E-state index is -0.138. The number of ether oxygens (including phenoxy) is 1. The fourth-order valence-corrected chi connectivity index (χ4v) is 1.96. The Balaban J connectivity index is 2.58. The van der Waals surface area contributed by atoms with Crippen molar-refractivity contribution in [3.8, 4) is 5.75 Å². The van der Waals surface area contributed by atoms with Crippen molar-refractivity contribution in [1.29, 1.82) is 0 Å². The highest BCUT2D eigenvalue weighted by Crippen LogP contribution is 2.16. The number of nitrogens with one attached hydrogen (secondary N) is 1. The van der Waals surface area contributed by atoms with Crippen molar-refractivity contribution in [2.24, 2.45) is 0 Å². The molecule has 0 unspecified atom stereocenters. The maximum atomic E-state index is 11.4. The molecule has 0 bridgehead atoms. The second kappa shape index (κ2) is 6.96. The molecule has 0 spiro atoms. The van der Waals surface area contributed by atoms with E-state index in [0.717, 1.165) is 10.6 Å². The fraction of sp³-hybridized carbons (Fsp3) is 0.333. The van der Waals surface area contributed by atoms with Gasteiger partial charge in [-0.1, -0.05) is 0 Å². The second-order valence-electron chi connectivity index (χ2n) is 3.33. The first-order valence-electron chi connectivity index (χ1n) is 5.19. The van der Waals surface area contributed by atoms with Crippen molar-refractivity contribution in [1.82, 2.24) is 5.32 Å². The van der Waals surface area contributed by atoms with Crippen LogP contribution in [0.25, 0.3) is 0 Å². The monoisotopic (exact) mass is 253 g/mol. The minimum absolute atomic E-state index is 0.0345. The van der Waals surface area contributed by atoms with Crippen molar-refractivity contribution >= 4 is 17.7 Å². The third kappa shape index (κ3) is 4.91. The molecule has 5 heteroatoms. The molecule has 1 amide bonds. The molecule has 0 heterocycles. The van der Waals surface area contributed by atoms with Crippen molar-refractivity contribution in [2.75, 3.05) is 19.4 Å². The number of rotatable bonds is 5. The zero-order valence-corrected chi connectivity index (χ0v) is 10.7. The molecule has 0 atom stereocenters. The van der Waals surface area contributed by atoms with Gasteiger partial charge in [-0.25, -0.2) is 0 Å². The largest absolute Gasteiger partial charge is 0.493 e. The zero-order valence-electron chi connectivity index (χ0n) is 9.86. The van der Waals surface area contributed by atoms with E-state index < -0.39 is 0 Å². The molecule has 1 rings (SSSR count). The summed E-state index contributed by atoms with van der Waals surface area (Å²) >= 11 is 1.57. The first kappa shape index (κ1) is 13.6. The summed E-state index contributed by atoms with van der Waals surface area (Å²) in [5, 5.41) is 2.71. The van der Waals surface area contributed by atoms with Crippen LogP contribution in [0.1, 0.15) is 6.92 Å². The minimum Gasteiger partial charge on any atom is -0.493 e. The zero-order chi connectivity index (χ0) is 12.7. The molecule has 1 N–H and O–H groups in total. The summed E-state index contributed by atoms with van der Waals surface area (Å²) in [6.45, 7) is 2.10. The summed E-state index contributed by atoms with van der Waals surface area (Å²) < 4.78 is 4.94. The second-order valence-corrected chi connectivity index (χ2v) is 4.50. The van der Waals surface area contributed by atoms with E-state index in [1.165, 1.54) is 20.1 Å². The number of carbonyl (C=O) groups is 1. The Morgan fingerprint density at radius 2 is 2.06 bits per heavy atom. The van der Waals surface area contributed by atoms with Crippen LogP contribution in [0.5, 0.6) is 5.75 Å². The number of carbonyl (C=O) groups excluding carboxylic acids is 1. The molecular formula is C12H15NO3S. The lowest BCUT2D eigenvalue weighted by Crippen LogP contribution is -2.22. The predicted molar refractivity (Wildman–Crippen MR) is 68.7 cm³/mol. The van der Waals surface area contributed by atoms with E-state index in [0.29, 0.717) is 12.3 Å². The van der Waals surface area contributed by atoms with Crippen molar-refractivity contribution in [2.45, 2.75) is 11.8 Å². The number of methoxy groups -OCH3 is 1. The van der Waals surface area contributed by atoms with E-state index in [4.69, 9.17) is 4.74 Å². The van der Waals surface area contributed by atoms with Crippen molar-refractivity contribution < 1.29 is 9.53 Å². The van der Waals surface area contributed by atoms with Crippen LogP contribution in [0.2, 0.25) is 0 Å². The lowest BCUT2D eigenvalue weighted by molar-refractivity contribution is -0.118. The van der Waals surface area contributed by atoms with Gasteiger partial charge in [-0.15, -0.1) is 11.8 Å². The van der Waals surface area contributed by atoms with Gasteiger partial charge in [-0.05, 0) is 24.3 Å². The first-order valence-corrected chi connectivity index (χ1v) is 6.17. The highest BCUT2D eigenvalue weighted by molar-refractivity contribution is 7.99. The Morgan fingerprint density at radius 1 is 1.35 bits per heavy atom. The van der Waals surface area contributed by atoms with Gasteiger partial charge in [0.05, 0.1) is 7.11 Å². The van der Waals surface area contributed by atoms with Crippen LogP contribution in [0.3, 0.4) is 0 Å². The Labute approximate surface area is 104 Å². The van der Waals surface area contributed by atoms with Crippen LogP contribution in [-0.2, 0) is 4.79 Å². The first-order chi connectivity index (χ1) is 8.13. The molecule has 0 aliphatic carbocycles. The summed E-state index contributed by atoms with van der Waals surface area (Å²) in [5.74, 6) is 1.06. The SMILES string of the molecule is COc1ccc(SCCNC(C)=O)ccc1=O. The van der Waals surface area contributed by atoms with Crippen LogP contribution in [0, 0.1) is 0 Å². The molecule has 1 aromatic rings. The van der Waals surface area contributed by atoms with Gasteiger partial charge in [-0.3, -0.25) is 9.59 Å². The van der Waals surface area contributed by atoms with Gasteiger partial charge in [0.15, 0.2) is 5.75 Å². The molecule has 4 nitrogen and oxygen atoms in total. The molecule has 0 saturated carbocycles.